The Labute approximate surface area is 186 Å². The van der Waals surface area contributed by atoms with E-state index in [4.69, 9.17) is 0 Å². The van der Waals surface area contributed by atoms with Crippen LogP contribution in [0.2, 0.25) is 0 Å². The summed E-state index contributed by atoms with van der Waals surface area (Å²) in [6, 6.07) is 32.0. The molecule has 0 fully saturated rings. The predicted molar refractivity (Wildman–Crippen MR) is 133 cm³/mol. The molecule has 0 saturated carbocycles. The second-order valence-corrected chi connectivity index (χ2v) is 8.17. The van der Waals surface area contributed by atoms with E-state index < -0.39 is 0 Å². The number of hydrogen-bond acceptors (Lipinski definition) is 1. The van der Waals surface area contributed by atoms with Gasteiger partial charge in [0.2, 0.25) is 0 Å². The zero-order valence-corrected chi connectivity index (χ0v) is 18.1. The first-order chi connectivity index (χ1) is 15.3. The van der Waals surface area contributed by atoms with Gasteiger partial charge in [0.15, 0.2) is 0 Å². The number of allylic oxidation sites excluding steroid dienone is 2. The summed E-state index contributed by atoms with van der Waals surface area (Å²) in [6.07, 6.45) is 9.50. The maximum atomic E-state index is 4.60. The molecule has 0 amide bonds. The van der Waals surface area contributed by atoms with Gasteiger partial charge in [-0.3, -0.25) is 0 Å². The Bertz CT molecular complexity index is 1030. The summed E-state index contributed by atoms with van der Waals surface area (Å²) >= 11 is 0. The number of nitrogens with one attached hydrogen (secondary N) is 1. The lowest BCUT2D eigenvalue weighted by atomic mass is 9.84. The molecule has 0 spiro atoms. The van der Waals surface area contributed by atoms with Gasteiger partial charge in [-0.2, -0.15) is 0 Å². The van der Waals surface area contributed by atoms with Crippen LogP contribution in [0.15, 0.2) is 120 Å². The van der Waals surface area contributed by atoms with E-state index in [2.05, 4.69) is 115 Å². The van der Waals surface area contributed by atoms with Crippen LogP contribution in [0.5, 0.6) is 0 Å². The molecule has 0 aliphatic heterocycles. The SMILES string of the molecule is C=C(C1=CCCCC1)/C(=C\c1ccccc1)C(NCc1ccccc1)c1ccccc1. The van der Waals surface area contributed by atoms with Crippen molar-refractivity contribution in [1.82, 2.24) is 5.32 Å². The van der Waals surface area contributed by atoms with E-state index in [1.807, 2.05) is 0 Å². The summed E-state index contributed by atoms with van der Waals surface area (Å²) in [4.78, 5) is 0. The van der Waals surface area contributed by atoms with Crippen molar-refractivity contribution in [2.75, 3.05) is 0 Å². The van der Waals surface area contributed by atoms with Crippen molar-refractivity contribution in [2.24, 2.45) is 0 Å². The molecule has 1 aliphatic rings. The molecular formula is C30H31N. The van der Waals surface area contributed by atoms with Gasteiger partial charge in [0.05, 0.1) is 6.04 Å². The number of rotatable bonds is 8. The first-order valence-corrected chi connectivity index (χ1v) is 11.3. The standard InChI is InChI=1S/C30H31N/c1-24(27-18-10-4-11-19-27)29(22-25-14-6-2-7-15-25)30(28-20-12-5-13-21-28)31-23-26-16-8-3-9-17-26/h2-3,5-9,12-18,20-22,30-31H,1,4,10-11,19,23H2/b29-22+. The summed E-state index contributed by atoms with van der Waals surface area (Å²) in [5, 5.41) is 3.84. The molecule has 1 aliphatic carbocycles. The fourth-order valence-corrected chi connectivity index (χ4v) is 4.24. The molecule has 0 heterocycles. The van der Waals surface area contributed by atoms with Gasteiger partial charge in [0, 0.05) is 6.54 Å². The van der Waals surface area contributed by atoms with E-state index in [0.717, 1.165) is 25.0 Å². The summed E-state index contributed by atoms with van der Waals surface area (Å²) in [5.41, 5.74) is 7.57. The number of benzene rings is 3. The average Bonchev–Trinajstić information content (AvgIpc) is 2.85. The van der Waals surface area contributed by atoms with Crippen LogP contribution in [0.4, 0.5) is 0 Å². The molecule has 1 atom stereocenters. The normalized spacial score (nSPS) is 15.2. The highest BCUT2D eigenvalue weighted by Crippen LogP contribution is 2.36. The van der Waals surface area contributed by atoms with Gasteiger partial charge in [-0.25, -0.2) is 0 Å². The Kier molecular flexibility index (Phi) is 7.31. The lowest BCUT2D eigenvalue weighted by Crippen LogP contribution is -2.24. The van der Waals surface area contributed by atoms with Gasteiger partial charge < -0.3 is 5.32 Å². The van der Waals surface area contributed by atoms with Crippen molar-refractivity contribution >= 4 is 6.08 Å². The van der Waals surface area contributed by atoms with Crippen LogP contribution < -0.4 is 5.32 Å². The molecule has 1 nitrogen and oxygen atoms in total. The summed E-state index contributed by atoms with van der Waals surface area (Å²) in [5.74, 6) is 0. The Morgan fingerprint density at radius 2 is 1.48 bits per heavy atom. The third kappa shape index (κ3) is 5.71. The zero-order valence-electron chi connectivity index (χ0n) is 18.1. The van der Waals surface area contributed by atoms with E-state index in [1.165, 1.54) is 40.7 Å². The number of hydrogen-bond donors (Lipinski definition) is 1. The fourth-order valence-electron chi connectivity index (χ4n) is 4.24. The largest absolute Gasteiger partial charge is 0.302 e. The average molecular weight is 406 g/mol. The van der Waals surface area contributed by atoms with Crippen molar-refractivity contribution in [3.05, 3.63) is 137 Å². The Hall–Kier alpha value is -3.16. The van der Waals surface area contributed by atoms with E-state index in [9.17, 15) is 0 Å². The minimum atomic E-state index is 0.0666. The molecule has 0 bridgehead atoms. The molecule has 31 heavy (non-hydrogen) atoms. The molecule has 156 valence electrons. The molecule has 1 heteroatoms. The molecule has 3 aromatic carbocycles. The molecule has 4 rings (SSSR count). The van der Waals surface area contributed by atoms with E-state index >= 15 is 0 Å². The highest BCUT2D eigenvalue weighted by atomic mass is 14.9. The molecule has 1 N–H and O–H groups in total. The van der Waals surface area contributed by atoms with E-state index in [0.29, 0.717) is 0 Å². The molecule has 1 unspecified atom stereocenters. The lowest BCUT2D eigenvalue weighted by Gasteiger charge is -2.27. The Morgan fingerprint density at radius 1 is 0.839 bits per heavy atom. The molecular weight excluding hydrogens is 374 g/mol. The highest BCUT2D eigenvalue weighted by Gasteiger charge is 2.21. The minimum absolute atomic E-state index is 0.0666. The van der Waals surface area contributed by atoms with Gasteiger partial charge in [-0.15, -0.1) is 0 Å². The van der Waals surface area contributed by atoms with Gasteiger partial charge in [0.25, 0.3) is 0 Å². The van der Waals surface area contributed by atoms with Gasteiger partial charge in [-0.05, 0) is 65.2 Å². The second kappa shape index (κ2) is 10.7. The monoisotopic (exact) mass is 405 g/mol. The molecule has 3 aromatic rings. The third-order valence-corrected chi connectivity index (χ3v) is 5.95. The fraction of sp³-hybridized carbons (Fsp3) is 0.200. The summed E-state index contributed by atoms with van der Waals surface area (Å²) in [7, 11) is 0. The van der Waals surface area contributed by atoms with E-state index in [-0.39, 0.29) is 6.04 Å². The summed E-state index contributed by atoms with van der Waals surface area (Å²) < 4.78 is 0. The van der Waals surface area contributed by atoms with Crippen LogP contribution in [0, 0.1) is 0 Å². The smallest absolute Gasteiger partial charge is 0.0585 e. The van der Waals surface area contributed by atoms with Crippen LogP contribution in [0.1, 0.15) is 48.4 Å². The second-order valence-electron chi connectivity index (χ2n) is 8.17. The van der Waals surface area contributed by atoms with Gasteiger partial charge in [0.1, 0.15) is 0 Å². The van der Waals surface area contributed by atoms with Crippen molar-refractivity contribution in [1.29, 1.82) is 0 Å². The zero-order chi connectivity index (χ0) is 21.3. The van der Waals surface area contributed by atoms with Crippen LogP contribution in [0.3, 0.4) is 0 Å². The molecule has 0 aromatic heterocycles. The van der Waals surface area contributed by atoms with Crippen molar-refractivity contribution in [3.8, 4) is 0 Å². The quantitative estimate of drug-likeness (QED) is 0.379. The summed E-state index contributed by atoms with van der Waals surface area (Å²) in [6.45, 7) is 5.40. The maximum absolute atomic E-state index is 4.60. The first-order valence-electron chi connectivity index (χ1n) is 11.3. The molecule has 0 radical (unpaired) electrons. The van der Waals surface area contributed by atoms with Crippen molar-refractivity contribution < 1.29 is 0 Å². The van der Waals surface area contributed by atoms with Crippen molar-refractivity contribution in [3.63, 3.8) is 0 Å². The van der Waals surface area contributed by atoms with E-state index in [1.54, 1.807) is 0 Å². The van der Waals surface area contributed by atoms with Gasteiger partial charge >= 0.3 is 0 Å². The minimum Gasteiger partial charge on any atom is -0.302 e. The maximum Gasteiger partial charge on any atom is 0.0585 e. The van der Waals surface area contributed by atoms with Gasteiger partial charge in [-0.1, -0.05) is 104 Å². The Balaban J connectivity index is 1.74. The van der Waals surface area contributed by atoms with Crippen LogP contribution >= 0.6 is 0 Å². The topological polar surface area (TPSA) is 12.0 Å². The van der Waals surface area contributed by atoms with Crippen LogP contribution in [-0.4, -0.2) is 0 Å². The van der Waals surface area contributed by atoms with Crippen molar-refractivity contribution in [2.45, 2.75) is 38.3 Å². The Morgan fingerprint density at radius 3 is 2.13 bits per heavy atom. The van der Waals surface area contributed by atoms with Crippen LogP contribution in [0.25, 0.3) is 6.08 Å². The highest BCUT2D eigenvalue weighted by molar-refractivity contribution is 5.65. The third-order valence-electron chi connectivity index (χ3n) is 5.95. The lowest BCUT2D eigenvalue weighted by molar-refractivity contribution is 0.600. The van der Waals surface area contributed by atoms with Crippen LogP contribution in [-0.2, 0) is 6.54 Å². The first kappa shape index (κ1) is 21.1. The predicted octanol–water partition coefficient (Wildman–Crippen LogP) is 7.66. The molecule has 0 saturated heterocycles.